The van der Waals surface area contributed by atoms with Crippen molar-refractivity contribution in [3.63, 3.8) is 0 Å². The van der Waals surface area contributed by atoms with Gasteiger partial charge in [0.05, 0.1) is 0 Å². The van der Waals surface area contributed by atoms with Gasteiger partial charge in [-0.3, -0.25) is 0 Å². The van der Waals surface area contributed by atoms with Gasteiger partial charge in [0, 0.05) is 0 Å². The van der Waals surface area contributed by atoms with Gasteiger partial charge in [-0.05, 0) is 17.8 Å². The van der Waals surface area contributed by atoms with Crippen LogP contribution in [-0.4, -0.2) is 0 Å². The van der Waals surface area contributed by atoms with Gasteiger partial charge in [-0.15, -0.1) is 0 Å². The van der Waals surface area contributed by atoms with E-state index < -0.39 is 0 Å². The molecular formula is C16H34. The molecule has 0 fully saturated rings. The van der Waals surface area contributed by atoms with Gasteiger partial charge < -0.3 is 0 Å². The molecule has 0 aliphatic carbocycles. The predicted octanol–water partition coefficient (Wildman–Crippen LogP) is 6.06. The van der Waals surface area contributed by atoms with Crippen LogP contribution in [-0.2, 0) is 0 Å². The smallest absolute Gasteiger partial charge is 0.0443 e. The molecule has 0 saturated heterocycles. The van der Waals surface area contributed by atoms with E-state index in [-0.39, 0.29) is 0 Å². The average molecular weight is 226 g/mol. The fourth-order valence-electron chi connectivity index (χ4n) is 2.56. The first-order valence-corrected chi connectivity index (χ1v) is 7.60. The lowest BCUT2D eigenvalue weighted by Crippen LogP contribution is -2.03. The minimum atomic E-state index is 0.943. The highest BCUT2D eigenvalue weighted by atomic mass is 14.1. The Morgan fingerprint density at radius 1 is 0.500 bits per heavy atom. The second-order valence-corrected chi connectivity index (χ2v) is 6.05. The molecule has 98 valence electrons. The standard InChI is InChI=1S/C16H34/c1-6-8-14(3)10-12-16(5)13-11-15(4)9-7-2/h14-16H,6-13H2,1-5H3. The van der Waals surface area contributed by atoms with E-state index in [1.807, 2.05) is 0 Å². The summed E-state index contributed by atoms with van der Waals surface area (Å²) < 4.78 is 0. The van der Waals surface area contributed by atoms with Crippen LogP contribution in [0.3, 0.4) is 0 Å². The number of rotatable bonds is 10. The molecule has 0 N–H and O–H groups in total. The lowest BCUT2D eigenvalue weighted by atomic mass is 9.89. The quantitative estimate of drug-likeness (QED) is 0.425. The second-order valence-electron chi connectivity index (χ2n) is 6.05. The molecule has 0 aliphatic rings. The van der Waals surface area contributed by atoms with Gasteiger partial charge in [-0.2, -0.15) is 0 Å². The first kappa shape index (κ1) is 16.0. The number of hydrogen-bond acceptors (Lipinski definition) is 0. The van der Waals surface area contributed by atoms with Gasteiger partial charge in [0.15, 0.2) is 0 Å². The maximum atomic E-state index is 2.44. The molecule has 2 unspecified atom stereocenters. The van der Waals surface area contributed by atoms with Crippen LogP contribution in [0.25, 0.3) is 0 Å². The van der Waals surface area contributed by atoms with Gasteiger partial charge in [0.1, 0.15) is 0 Å². The topological polar surface area (TPSA) is 0 Å². The first-order chi connectivity index (χ1) is 7.60. The molecule has 0 aromatic rings. The van der Waals surface area contributed by atoms with Crippen molar-refractivity contribution < 1.29 is 0 Å². The summed E-state index contributed by atoms with van der Waals surface area (Å²) in [6.45, 7) is 11.9. The van der Waals surface area contributed by atoms with E-state index in [0.29, 0.717) is 0 Å². The fourth-order valence-corrected chi connectivity index (χ4v) is 2.56. The zero-order chi connectivity index (χ0) is 12.4. The van der Waals surface area contributed by atoms with E-state index in [4.69, 9.17) is 0 Å². The maximum Gasteiger partial charge on any atom is -0.0443 e. The molecule has 2 atom stereocenters. The second kappa shape index (κ2) is 10.2. The summed E-state index contributed by atoms with van der Waals surface area (Å²) in [5, 5.41) is 0. The molecule has 0 heterocycles. The molecular weight excluding hydrogens is 192 g/mol. The molecule has 0 aromatic carbocycles. The van der Waals surface area contributed by atoms with Crippen molar-refractivity contribution in [1.82, 2.24) is 0 Å². The molecule has 0 heteroatoms. The lowest BCUT2D eigenvalue weighted by molar-refractivity contribution is 0.359. The van der Waals surface area contributed by atoms with Crippen LogP contribution in [0.15, 0.2) is 0 Å². The third-order valence-corrected chi connectivity index (χ3v) is 3.87. The third-order valence-electron chi connectivity index (χ3n) is 3.87. The highest BCUT2D eigenvalue weighted by molar-refractivity contribution is 4.61. The first-order valence-electron chi connectivity index (χ1n) is 7.60. The Kier molecular flexibility index (Phi) is 10.2. The van der Waals surface area contributed by atoms with Crippen molar-refractivity contribution in [2.45, 2.75) is 86.0 Å². The van der Waals surface area contributed by atoms with Crippen LogP contribution in [0, 0.1) is 17.8 Å². The molecule has 0 bridgehead atoms. The Balaban J connectivity index is 3.46. The van der Waals surface area contributed by atoms with Crippen LogP contribution in [0.4, 0.5) is 0 Å². The van der Waals surface area contributed by atoms with E-state index in [9.17, 15) is 0 Å². The molecule has 0 nitrogen and oxygen atoms in total. The highest BCUT2D eigenvalue weighted by Gasteiger charge is 2.08. The zero-order valence-electron chi connectivity index (χ0n) is 12.4. The van der Waals surface area contributed by atoms with E-state index >= 15 is 0 Å². The van der Waals surface area contributed by atoms with Crippen molar-refractivity contribution in [1.29, 1.82) is 0 Å². The van der Waals surface area contributed by atoms with Gasteiger partial charge in [-0.1, -0.05) is 86.0 Å². The van der Waals surface area contributed by atoms with Gasteiger partial charge >= 0.3 is 0 Å². The molecule has 0 aliphatic heterocycles. The van der Waals surface area contributed by atoms with Crippen molar-refractivity contribution in [2.75, 3.05) is 0 Å². The van der Waals surface area contributed by atoms with Crippen molar-refractivity contribution in [2.24, 2.45) is 17.8 Å². The van der Waals surface area contributed by atoms with Gasteiger partial charge in [0.25, 0.3) is 0 Å². The average Bonchev–Trinajstić information content (AvgIpc) is 2.24. The Morgan fingerprint density at radius 2 is 0.750 bits per heavy atom. The Hall–Kier alpha value is 0. The zero-order valence-corrected chi connectivity index (χ0v) is 12.4. The number of hydrogen-bond donors (Lipinski definition) is 0. The van der Waals surface area contributed by atoms with Gasteiger partial charge in [0.2, 0.25) is 0 Å². The summed E-state index contributed by atoms with van der Waals surface area (Å²) in [6.07, 6.45) is 11.3. The van der Waals surface area contributed by atoms with E-state index in [0.717, 1.165) is 17.8 Å². The largest absolute Gasteiger partial charge is 0.0654 e. The fraction of sp³-hybridized carbons (Fsp3) is 1.00. The van der Waals surface area contributed by atoms with E-state index in [2.05, 4.69) is 34.6 Å². The molecule has 0 aromatic heterocycles. The summed E-state index contributed by atoms with van der Waals surface area (Å²) in [5.74, 6) is 2.83. The van der Waals surface area contributed by atoms with Crippen LogP contribution in [0.5, 0.6) is 0 Å². The Morgan fingerprint density at radius 3 is 1.00 bits per heavy atom. The van der Waals surface area contributed by atoms with Crippen LogP contribution >= 0.6 is 0 Å². The summed E-state index contributed by atoms with van der Waals surface area (Å²) in [4.78, 5) is 0. The summed E-state index contributed by atoms with van der Waals surface area (Å²) in [7, 11) is 0. The molecule has 0 radical (unpaired) electrons. The Bertz CT molecular complexity index is 123. The monoisotopic (exact) mass is 226 g/mol. The molecule has 0 amide bonds. The SMILES string of the molecule is CCCC(C)CCC(C)CCC(C)CCC. The summed E-state index contributed by atoms with van der Waals surface area (Å²) in [6, 6.07) is 0. The molecule has 0 saturated carbocycles. The normalized spacial score (nSPS) is 17.1. The van der Waals surface area contributed by atoms with Crippen LogP contribution in [0.1, 0.15) is 86.0 Å². The maximum absolute atomic E-state index is 2.44. The van der Waals surface area contributed by atoms with Crippen LogP contribution < -0.4 is 0 Å². The third kappa shape index (κ3) is 9.24. The molecule has 0 spiro atoms. The van der Waals surface area contributed by atoms with E-state index in [1.54, 1.807) is 0 Å². The minimum absolute atomic E-state index is 0.943. The van der Waals surface area contributed by atoms with E-state index in [1.165, 1.54) is 51.4 Å². The summed E-state index contributed by atoms with van der Waals surface area (Å²) >= 11 is 0. The lowest BCUT2D eigenvalue weighted by Gasteiger charge is -2.17. The minimum Gasteiger partial charge on any atom is -0.0654 e. The van der Waals surface area contributed by atoms with Crippen LogP contribution in [0.2, 0.25) is 0 Å². The van der Waals surface area contributed by atoms with Crippen molar-refractivity contribution >= 4 is 0 Å². The van der Waals surface area contributed by atoms with Crippen molar-refractivity contribution in [3.05, 3.63) is 0 Å². The molecule has 0 rings (SSSR count). The Labute approximate surface area is 104 Å². The predicted molar refractivity (Wildman–Crippen MR) is 75.8 cm³/mol. The summed E-state index contributed by atoms with van der Waals surface area (Å²) in [5.41, 5.74) is 0. The van der Waals surface area contributed by atoms with Crippen molar-refractivity contribution in [3.8, 4) is 0 Å². The highest BCUT2D eigenvalue weighted by Crippen LogP contribution is 2.22. The van der Waals surface area contributed by atoms with Gasteiger partial charge in [-0.25, -0.2) is 0 Å². The molecule has 16 heavy (non-hydrogen) atoms.